The van der Waals surface area contributed by atoms with Gasteiger partial charge >= 0.3 is 0 Å². The van der Waals surface area contributed by atoms with Crippen LogP contribution in [0.2, 0.25) is 0 Å². The first-order valence-electron chi connectivity index (χ1n) is 10.3. The molecule has 1 saturated heterocycles. The molecule has 4 aromatic rings. The standard InChI is InChI=1S/C22H23N5OS/c1-26-9-2-3-15(11-26)27-12-23-19-17(13-4-5-13)18(24-25-22(19)27)16-7-6-14-8-10-29-21(14)20(16)28/h6-8,10,12-13,15,28H,2-5,9,11H2,1H3/t15-/m1/s1. The second-order valence-corrected chi connectivity index (χ2v) is 9.34. The van der Waals surface area contributed by atoms with E-state index in [-0.39, 0.29) is 0 Å². The molecule has 1 aliphatic carbocycles. The fraction of sp³-hybridized carbons (Fsp3) is 0.409. The molecular formula is C22H23N5OS. The van der Waals surface area contributed by atoms with Crippen molar-refractivity contribution < 1.29 is 5.11 Å². The summed E-state index contributed by atoms with van der Waals surface area (Å²) >= 11 is 1.56. The lowest BCUT2D eigenvalue weighted by molar-refractivity contribution is 0.214. The van der Waals surface area contributed by atoms with Crippen molar-refractivity contribution in [3.63, 3.8) is 0 Å². The van der Waals surface area contributed by atoms with Crippen LogP contribution in [0.5, 0.6) is 5.75 Å². The van der Waals surface area contributed by atoms with Crippen LogP contribution in [0.4, 0.5) is 0 Å². The summed E-state index contributed by atoms with van der Waals surface area (Å²) in [7, 11) is 2.17. The maximum absolute atomic E-state index is 10.9. The Morgan fingerprint density at radius 1 is 1.14 bits per heavy atom. The number of likely N-dealkylation sites (tertiary alicyclic amines) is 1. The van der Waals surface area contributed by atoms with Gasteiger partial charge in [-0.05, 0) is 68.1 Å². The van der Waals surface area contributed by atoms with Crippen LogP contribution in [-0.4, -0.2) is 49.9 Å². The van der Waals surface area contributed by atoms with E-state index in [4.69, 9.17) is 4.98 Å². The molecule has 0 spiro atoms. The number of piperidine rings is 1. The molecule has 1 aliphatic heterocycles. The van der Waals surface area contributed by atoms with Gasteiger partial charge in [0.05, 0.1) is 11.0 Å². The van der Waals surface area contributed by atoms with Crippen LogP contribution in [0.25, 0.3) is 32.5 Å². The maximum atomic E-state index is 10.9. The van der Waals surface area contributed by atoms with Gasteiger partial charge in [0.1, 0.15) is 17.0 Å². The van der Waals surface area contributed by atoms with Gasteiger partial charge in [-0.15, -0.1) is 21.5 Å². The van der Waals surface area contributed by atoms with E-state index in [1.54, 1.807) is 11.3 Å². The van der Waals surface area contributed by atoms with Crippen LogP contribution in [0.1, 0.15) is 43.2 Å². The van der Waals surface area contributed by atoms with Crippen molar-refractivity contribution in [2.45, 2.75) is 37.6 Å². The molecule has 4 heterocycles. The van der Waals surface area contributed by atoms with Gasteiger partial charge < -0.3 is 14.6 Å². The molecule has 1 saturated carbocycles. The van der Waals surface area contributed by atoms with Crippen molar-refractivity contribution in [1.82, 2.24) is 24.6 Å². The number of benzene rings is 1. The van der Waals surface area contributed by atoms with Crippen molar-refractivity contribution in [3.05, 3.63) is 35.5 Å². The highest BCUT2D eigenvalue weighted by Crippen LogP contribution is 2.48. The third-order valence-electron chi connectivity index (χ3n) is 6.35. The number of nitrogens with zero attached hydrogens (tertiary/aromatic N) is 5. The maximum Gasteiger partial charge on any atom is 0.183 e. The van der Waals surface area contributed by atoms with Crippen LogP contribution >= 0.6 is 11.3 Å². The average Bonchev–Trinajstić information content (AvgIpc) is 3.28. The molecule has 148 valence electrons. The number of phenolic OH excluding ortho intramolecular Hbond substituents is 1. The number of hydrogen-bond donors (Lipinski definition) is 1. The lowest BCUT2D eigenvalue weighted by Crippen LogP contribution is -2.33. The lowest BCUT2D eigenvalue weighted by Gasteiger charge is -2.30. The average molecular weight is 406 g/mol. The Balaban J connectivity index is 1.53. The Kier molecular flexibility index (Phi) is 3.89. The summed E-state index contributed by atoms with van der Waals surface area (Å²) in [4.78, 5) is 7.18. The predicted octanol–water partition coefficient (Wildman–Crippen LogP) is 4.56. The van der Waals surface area contributed by atoms with Gasteiger partial charge in [0.25, 0.3) is 0 Å². The molecule has 6 nitrogen and oxygen atoms in total. The van der Waals surface area contributed by atoms with Crippen molar-refractivity contribution in [1.29, 1.82) is 0 Å². The highest BCUT2D eigenvalue weighted by Gasteiger charge is 2.33. The van der Waals surface area contributed by atoms with E-state index in [9.17, 15) is 5.11 Å². The molecule has 2 aliphatic rings. The Labute approximate surface area is 172 Å². The van der Waals surface area contributed by atoms with E-state index >= 15 is 0 Å². The van der Waals surface area contributed by atoms with Gasteiger partial charge in [0.15, 0.2) is 5.65 Å². The third kappa shape index (κ3) is 2.75. The molecule has 1 aromatic carbocycles. The number of aromatic hydroxyl groups is 1. The summed E-state index contributed by atoms with van der Waals surface area (Å²) in [6.07, 6.45) is 6.58. The van der Waals surface area contributed by atoms with Gasteiger partial charge in [-0.25, -0.2) is 4.98 Å². The minimum absolute atomic E-state index is 0.307. The van der Waals surface area contributed by atoms with Crippen LogP contribution in [-0.2, 0) is 0 Å². The minimum Gasteiger partial charge on any atom is -0.506 e. The van der Waals surface area contributed by atoms with Crippen molar-refractivity contribution in [2.24, 2.45) is 0 Å². The van der Waals surface area contributed by atoms with E-state index < -0.39 is 0 Å². The van der Waals surface area contributed by atoms with Gasteiger partial charge in [-0.2, -0.15) is 0 Å². The Bertz CT molecular complexity index is 1220. The molecule has 1 N–H and O–H groups in total. The van der Waals surface area contributed by atoms with Crippen LogP contribution < -0.4 is 0 Å². The number of fused-ring (bicyclic) bond motifs is 2. The highest BCUT2D eigenvalue weighted by atomic mass is 32.1. The first-order valence-corrected chi connectivity index (χ1v) is 11.2. The second kappa shape index (κ2) is 6.50. The quantitative estimate of drug-likeness (QED) is 0.541. The molecule has 0 amide bonds. The zero-order chi connectivity index (χ0) is 19.5. The Morgan fingerprint density at radius 2 is 2.03 bits per heavy atom. The van der Waals surface area contributed by atoms with Crippen LogP contribution in [0.15, 0.2) is 29.9 Å². The molecule has 29 heavy (non-hydrogen) atoms. The summed E-state index contributed by atoms with van der Waals surface area (Å²) in [5, 5.41) is 23.3. The summed E-state index contributed by atoms with van der Waals surface area (Å²) < 4.78 is 3.12. The summed E-state index contributed by atoms with van der Waals surface area (Å²) in [6, 6.07) is 6.45. The van der Waals surface area contributed by atoms with Crippen molar-refractivity contribution >= 4 is 32.6 Å². The highest BCUT2D eigenvalue weighted by molar-refractivity contribution is 7.17. The molecule has 0 unspecified atom stereocenters. The first-order chi connectivity index (χ1) is 14.2. The largest absolute Gasteiger partial charge is 0.506 e. The first kappa shape index (κ1) is 17.4. The molecule has 2 fully saturated rings. The van der Waals surface area contributed by atoms with Gasteiger partial charge in [-0.3, -0.25) is 0 Å². The number of thiophene rings is 1. The fourth-order valence-corrected chi connectivity index (χ4v) is 5.55. The number of phenols is 1. The van der Waals surface area contributed by atoms with Crippen LogP contribution in [0.3, 0.4) is 0 Å². The van der Waals surface area contributed by atoms with Crippen LogP contribution in [0, 0.1) is 0 Å². The van der Waals surface area contributed by atoms with Gasteiger partial charge in [0, 0.05) is 23.7 Å². The molecule has 3 aromatic heterocycles. The molecule has 7 heteroatoms. The Hall–Kier alpha value is -2.51. The predicted molar refractivity (Wildman–Crippen MR) is 116 cm³/mol. The van der Waals surface area contributed by atoms with Crippen molar-refractivity contribution in [3.8, 4) is 17.0 Å². The lowest BCUT2D eigenvalue weighted by atomic mass is 10.0. The summed E-state index contributed by atoms with van der Waals surface area (Å²) in [5.41, 5.74) is 4.55. The molecule has 6 rings (SSSR count). The number of hydrogen-bond acceptors (Lipinski definition) is 6. The van der Waals surface area contributed by atoms with Gasteiger partial charge in [0.2, 0.25) is 0 Å². The topological polar surface area (TPSA) is 67.1 Å². The van der Waals surface area contributed by atoms with E-state index in [0.29, 0.717) is 17.7 Å². The van der Waals surface area contributed by atoms with Crippen molar-refractivity contribution in [2.75, 3.05) is 20.1 Å². The number of rotatable bonds is 3. The minimum atomic E-state index is 0.307. The summed E-state index contributed by atoms with van der Waals surface area (Å²) in [5.74, 6) is 0.764. The number of aromatic nitrogens is 4. The normalized spacial score (nSPS) is 20.7. The van der Waals surface area contributed by atoms with E-state index in [2.05, 4.69) is 32.8 Å². The van der Waals surface area contributed by atoms with Gasteiger partial charge in [-0.1, -0.05) is 6.07 Å². The number of likely N-dealkylation sites (N-methyl/N-ethyl adjacent to an activating group) is 1. The van der Waals surface area contributed by atoms with E-state index in [0.717, 1.165) is 70.4 Å². The zero-order valence-electron chi connectivity index (χ0n) is 16.4. The molecule has 1 atom stereocenters. The second-order valence-electron chi connectivity index (χ2n) is 8.42. The summed E-state index contributed by atoms with van der Waals surface area (Å²) in [6.45, 7) is 2.17. The zero-order valence-corrected chi connectivity index (χ0v) is 17.2. The fourth-order valence-electron chi connectivity index (χ4n) is 4.71. The Morgan fingerprint density at radius 3 is 2.86 bits per heavy atom. The SMILES string of the molecule is CN1CCC[C@@H](n2cnc3c(C4CC4)c(-c4ccc5ccsc5c4O)nnc32)C1. The van der Waals surface area contributed by atoms with E-state index in [1.807, 2.05) is 23.8 Å². The molecular weight excluding hydrogens is 382 g/mol. The monoisotopic (exact) mass is 405 g/mol. The molecule has 0 bridgehead atoms. The third-order valence-corrected chi connectivity index (χ3v) is 7.29. The smallest absolute Gasteiger partial charge is 0.183 e. The number of imidazole rings is 1. The van der Waals surface area contributed by atoms with E-state index in [1.165, 1.54) is 6.42 Å². The molecule has 0 radical (unpaired) electrons.